The first-order chi connectivity index (χ1) is 13.2. The number of nitrogens with one attached hydrogen (secondary N) is 1. The van der Waals surface area contributed by atoms with Crippen LogP contribution in [0, 0.1) is 0 Å². The van der Waals surface area contributed by atoms with Gasteiger partial charge in [0, 0.05) is 25.2 Å². The molecule has 0 aliphatic carbocycles. The van der Waals surface area contributed by atoms with Crippen LogP contribution in [0.2, 0.25) is 5.02 Å². The molecule has 1 aromatic heterocycles. The van der Waals surface area contributed by atoms with E-state index in [0.29, 0.717) is 16.5 Å². The molecule has 6 heteroatoms. The molecule has 1 atom stereocenters. The molecule has 5 nitrogen and oxygen atoms in total. The third kappa shape index (κ3) is 3.93. The monoisotopic (exact) mass is 381 g/mol. The number of benzene rings is 2. The highest BCUT2D eigenvalue weighted by Gasteiger charge is 2.18. The molecule has 0 bridgehead atoms. The number of allylic oxidation sites excluding steroid dienone is 2. The lowest BCUT2D eigenvalue weighted by molar-refractivity contribution is 0.101. The first kappa shape index (κ1) is 17.5. The van der Waals surface area contributed by atoms with Gasteiger partial charge in [-0.25, -0.2) is 4.98 Å². The summed E-state index contributed by atoms with van der Waals surface area (Å²) < 4.78 is 11.3. The highest BCUT2D eigenvalue weighted by molar-refractivity contribution is 6.32. The zero-order valence-corrected chi connectivity index (χ0v) is 15.7. The minimum Gasteiger partial charge on any atom is -0.497 e. The second-order valence-electron chi connectivity index (χ2n) is 6.22. The van der Waals surface area contributed by atoms with E-state index in [1.165, 1.54) is 0 Å². The normalized spacial score (nSPS) is 16.1. The van der Waals surface area contributed by atoms with Crippen molar-refractivity contribution in [2.24, 2.45) is 0 Å². The van der Waals surface area contributed by atoms with Gasteiger partial charge in [0.1, 0.15) is 17.3 Å². The molecule has 2 aromatic carbocycles. The molecule has 1 aliphatic heterocycles. The maximum Gasteiger partial charge on any atom is 0.191 e. The fourth-order valence-electron chi connectivity index (χ4n) is 3.02. The van der Waals surface area contributed by atoms with Gasteiger partial charge < -0.3 is 19.4 Å². The molecule has 3 aromatic rings. The molecule has 0 fully saturated rings. The third-order valence-corrected chi connectivity index (χ3v) is 4.72. The second kappa shape index (κ2) is 7.76. The van der Waals surface area contributed by atoms with Crippen molar-refractivity contribution in [1.82, 2.24) is 14.9 Å². The maximum absolute atomic E-state index is 6.31. The Labute approximate surface area is 162 Å². The van der Waals surface area contributed by atoms with Gasteiger partial charge in [0.05, 0.1) is 23.2 Å². The Morgan fingerprint density at radius 1 is 1.19 bits per heavy atom. The van der Waals surface area contributed by atoms with E-state index in [0.717, 1.165) is 29.8 Å². The van der Waals surface area contributed by atoms with E-state index in [1.54, 1.807) is 13.2 Å². The highest BCUT2D eigenvalue weighted by atomic mass is 35.5. The maximum atomic E-state index is 6.31. The number of imidazole rings is 1. The Bertz CT molecular complexity index is 963. The summed E-state index contributed by atoms with van der Waals surface area (Å²) in [5, 5.41) is 0.523. The van der Waals surface area contributed by atoms with Gasteiger partial charge in [0.2, 0.25) is 0 Å². The topological polar surface area (TPSA) is 50.4 Å². The van der Waals surface area contributed by atoms with Gasteiger partial charge in [-0.05, 0) is 36.4 Å². The Kier molecular flexibility index (Phi) is 5.03. The summed E-state index contributed by atoms with van der Waals surface area (Å²) in [6.45, 7) is 0.763. The van der Waals surface area contributed by atoms with E-state index in [4.69, 9.17) is 21.1 Å². The van der Waals surface area contributed by atoms with Crippen LogP contribution in [0.15, 0.2) is 66.9 Å². The SMILES string of the molecule is COc1ccc(OC2C=CC=CN2CCc2nc3ccccc3[nH]2)c(Cl)c1. The zero-order valence-electron chi connectivity index (χ0n) is 14.9. The third-order valence-electron chi connectivity index (χ3n) is 4.42. The standard InChI is InChI=1S/C21H20ClN3O2/c1-26-15-9-10-19(16(22)14-15)27-21-8-4-5-12-25(21)13-11-20-23-17-6-2-3-7-18(17)24-20/h2-10,12,14,21H,11,13H2,1H3,(H,23,24). The molecular weight excluding hydrogens is 362 g/mol. The molecular formula is C21H20ClN3O2. The van der Waals surface area contributed by atoms with Crippen molar-refractivity contribution in [1.29, 1.82) is 0 Å². The van der Waals surface area contributed by atoms with Crippen molar-refractivity contribution in [3.05, 3.63) is 77.7 Å². The van der Waals surface area contributed by atoms with Crippen LogP contribution in [-0.2, 0) is 6.42 Å². The number of nitrogens with zero attached hydrogens (tertiary/aromatic N) is 2. The van der Waals surface area contributed by atoms with E-state index in [-0.39, 0.29) is 6.23 Å². The number of aromatic nitrogens is 2. The predicted octanol–water partition coefficient (Wildman–Crippen LogP) is 4.56. The molecule has 0 saturated carbocycles. The summed E-state index contributed by atoms with van der Waals surface area (Å²) in [5.74, 6) is 2.28. The van der Waals surface area contributed by atoms with Crippen LogP contribution in [0.3, 0.4) is 0 Å². The second-order valence-corrected chi connectivity index (χ2v) is 6.63. The van der Waals surface area contributed by atoms with Gasteiger partial charge in [0.25, 0.3) is 0 Å². The van der Waals surface area contributed by atoms with Gasteiger partial charge in [-0.2, -0.15) is 0 Å². The molecule has 0 amide bonds. The molecule has 1 aliphatic rings. The van der Waals surface area contributed by atoms with Crippen molar-refractivity contribution in [3.8, 4) is 11.5 Å². The lowest BCUT2D eigenvalue weighted by atomic mass is 10.2. The Morgan fingerprint density at radius 3 is 2.89 bits per heavy atom. The molecule has 1 N–H and O–H groups in total. The van der Waals surface area contributed by atoms with Crippen LogP contribution in [0.1, 0.15) is 5.82 Å². The molecule has 138 valence electrons. The van der Waals surface area contributed by atoms with Crippen molar-refractivity contribution < 1.29 is 9.47 Å². The van der Waals surface area contributed by atoms with Crippen LogP contribution < -0.4 is 9.47 Å². The molecule has 27 heavy (non-hydrogen) atoms. The summed E-state index contributed by atoms with van der Waals surface area (Å²) in [7, 11) is 1.61. The number of H-pyrrole nitrogens is 1. The van der Waals surface area contributed by atoms with E-state index in [2.05, 4.69) is 14.9 Å². The van der Waals surface area contributed by atoms with Crippen LogP contribution in [0.4, 0.5) is 0 Å². The smallest absolute Gasteiger partial charge is 0.191 e. The summed E-state index contributed by atoms with van der Waals surface area (Å²) in [4.78, 5) is 10.1. The van der Waals surface area contributed by atoms with Crippen molar-refractivity contribution in [2.75, 3.05) is 13.7 Å². The number of para-hydroxylation sites is 2. The average Bonchev–Trinajstić information content (AvgIpc) is 3.12. The van der Waals surface area contributed by atoms with Gasteiger partial charge in [-0.3, -0.25) is 0 Å². The Hall–Kier alpha value is -2.92. The van der Waals surface area contributed by atoms with Crippen LogP contribution >= 0.6 is 11.6 Å². The van der Waals surface area contributed by atoms with Gasteiger partial charge in [0.15, 0.2) is 6.23 Å². The molecule has 1 unspecified atom stereocenters. The largest absolute Gasteiger partial charge is 0.497 e. The highest BCUT2D eigenvalue weighted by Crippen LogP contribution is 2.30. The van der Waals surface area contributed by atoms with E-state index >= 15 is 0 Å². The minimum atomic E-state index is -0.231. The fourth-order valence-corrected chi connectivity index (χ4v) is 3.23. The summed E-state index contributed by atoms with van der Waals surface area (Å²) in [6.07, 6.45) is 8.53. The summed E-state index contributed by atoms with van der Waals surface area (Å²) in [6, 6.07) is 13.5. The molecule has 4 rings (SSSR count). The van der Waals surface area contributed by atoms with Crippen molar-refractivity contribution in [2.45, 2.75) is 12.6 Å². The summed E-state index contributed by atoms with van der Waals surface area (Å²) in [5.41, 5.74) is 2.04. The number of ether oxygens (including phenoxy) is 2. The number of fused-ring (bicyclic) bond motifs is 1. The summed E-state index contributed by atoms with van der Waals surface area (Å²) >= 11 is 6.31. The molecule has 0 saturated heterocycles. The quantitative estimate of drug-likeness (QED) is 0.680. The van der Waals surface area contributed by atoms with E-state index < -0.39 is 0 Å². The van der Waals surface area contributed by atoms with Gasteiger partial charge in [-0.1, -0.05) is 29.8 Å². The van der Waals surface area contributed by atoms with Crippen LogP contribution in [0.25, 0.3) is 11.0 Å². The number of halogens is 1. The molecule has 0 radical (unpaired) electrons. The van der Waals surface area contributed by atoms with Gasteiger partial charge in [-0.15, -0.1) is 0 Å². The number of aromatic amines is 1. The van der Waals surface area contributed by atoms with Crippen LogP contribution in [0.5, 0.6) is 11.5 Å². The zero-order chi connectivity index (χ0) is 18.6. The van der Waals surface area contributed by atoms with Crippen molar-refractivity contribution >= 4 is 22.6 Å². The number of rotatable bonds is 6. The average molecular weight is 382 g/mol. The van der Waals surface area contributed by atoms with Crippen molar-refractivity contribution in [3.63, 3.8) is 0 Å². The Morgan fingerprint density at radius 2 is 2.07 bits per heavy atom. The number of hydrogen-bond acceptors (Lipinski definition) is 4. The van der Waals surface area contributed by atoms with E-state index in [9.17, 15) is 0 Å². The Balaban J connectivity index is 1.44. The number of hydrogen-bond donors (Lipinski definition) is 1. The van der Waals surface area contributed by atoms with E-state index in [1.807, 2.05) is 60.8 Å². The van der Waals surface area contributed by atoms with Gasteiger partial charge >= 0.3 is 0 Å². The minimum absolute atomic E-state index is 0.231. The van der Waals surface area contributed by atoms with Crippen LogP contribution in [-0.4, -0.2) is 34.8 Å². The first-order valence-electron chi connectivity index (χ1n) is 8.77. The fraction of sp³-hybridized carbons (Fsp3) is 0.190. The number of methoxy groups -OCH3 is 1. The molecule has 2 heterocycles. The molecule has 0 spiro atoms. The predicted molar refractivity (Wildman–Crippen MR) is 107 cm³/mol. The lowest BCUT2D eigenvalue weighted by Crippen LogP contribution is -2.36. The first-order valence-corrected chi connectivity index (χ1v) is 9.15. The lowest BCUT2D eigenvalue weighted by Gasteiger charge is -2.30.